The zero-order valence-electron chi connectivity index (χ0n) is 12.5. The molecule has 0 aliphatic carbocycles. The quantitative estimate of drug-likeness (QED) is 0.373. The van der Waals surface area contributed by atoms with Gasteiger partial charge in [-0.25, -0.2) is 0 Å². The highest BCUT2D eigenvalue weighted by Gasteiger charge is 2.39. The minimum atomic E-state index is -1.82. The van der Waals surface area contributed by atoms with Gasteiger partial charge in [-0.15, -0.1) is 0 Å². The minimum absolute atomic E-state index is 0.139. The molecule has 3 atom stereocenters. The van der Waals surface area contributed by atoms with Crippen LogP contribution in [0.4, 0.5) is 0 Å². The van der Waals surface area contributed by atoms with Gasteiger partial charge >= 0.3 is 0 Å². The molecular weight excluding hydrogens is 262 g/mol. The number of aliphatic hydroxyl groups is 1. The van der Waals surface area contributed by atoms with Crippen LogP contribution in [0.2, 0.25) is 18.1 Å². The van der Waals surface area contributed by atoms with E-state index in [2.05, 4.69) is 43.9 Å². The van der Waals surface area contributed by atoms with E-state index in [1.807, 2.05) is 0 Å². The molecule has 0 aromatic carbocycles. The van der Waals surface area contributed by atoms with E-state index in [9.17, 15) is 5.11 Å². The van der Waals surface area contributed by atoms with Crippen LogP contribution in [0.5, 0.6) is 0 Å². The van der Waals surface area contributed by atoms with E-state index in [4.69, 9.17) is 14.7 Å². The lowest BCUT2D eigenvalue weighted by Gasteiger charge is -2.39. The second-order valence-electron chi connectivity index (χ2n) is 6.60. The Morgan fingerprint density at radius 1 is 1.47 bits per heavy atom. The van der Waals surface area contributed by atoms with Crippen LogP contribution in [0.25, 0.3) is 10.4 Å². The standard InChI is InChI=1S/C12H25N3O3Si/c1-12(2,3)19(4,5)18-8-11-10(16)6-9(7-17-11)14-15-13/h9-11,16H,6-8H2,1-5H3/t9?,10-,11-/m1/s1. The summed E-state index contributed by atoms with van der Waals surface area (Å²) in [6.45, 7) is 11.6. The first kappa shape index (κ1) is 16.5. The fourth-order valence-corrected chi connectivity index (χ4v) is 2.68. The minimum Gasteiger partial charge on any atom is -0.414 e. The Bertz CT molecular complexity index is 351. The van der Waals surface area contributed by atoms with E-state index in [-0.39, 0.29) is 17.2 Å². The first-order valence-corrected chi connectivity index (χ1v) is 9.56. The highest BCUT2D eigenvalue weighted by atomic mass is 28.4. The molecule has 0 aromatic rings. The van der Waals surface area contributed by atoms with Crippen molar-refractivity contribution in [3.05, 3.63) is 10.4 Å². The highest BCUT2D eigenvalue weighted by Crippen LogP contribution is 2.36. The maximum absolute atomic E-state index is 9.99. The maximum Gasteiger partial charge on any atom is 0.192 e. The molecule has 0 spiro atoms. The third kappa shape index (κ3) is 4.47. The number of nitrogens with zero attached hydrogens (tertiary/aromatic N) is 3. The number of ether oxygens (including phenoxy) is 1. The molecule has 1 N–H and O–H groups in total. The SMILES string of the molecule is CC(C)(C)[Si](C)(C)OC[C@H]1OCC(N=[N+]=[N-])C[C@H]1O. The first-order chi connectivity index (χ1) is 8.67. The van der Waals surface area contributed by atoms with Gasteiger partial charge in [0, 0.05) is 4.91 Å². The molecule has 1 saturated heterocycles. The van der Waals surface area contributed by atoms with Gasteiger partial charge in [0.15, 0.2) is 8.32 Å². The summed E-state index contributed by atoms with van der Waals surface area (Å²) in [5, 5.41) is 13.7. The van der Waals surface area contributed by atoms with Crippen LogP contribution < -0.4 is 0 Å². The Morgan fingerprint density at radius 2 is 2.11 bits per heavy atom. The average Bonchev–Trinajstić information content (AvgIpc) is 2.27. The predicted molar refractivity (Wildman–Crippen MR) is 76.4 cm³/mol. The summed E-state index contributed by atoms with van der Waals surface area (Å²) in [5.41, 5.74) is 8.37. The average molecular weight is 287 g/mol. The normalized spacial score (nSPS) is 28.8. The van der Waals surface area contributed by atoms with Crippen molar-refractivity contribution in [3.8, 4) is 0 Å². The van der Waals surface area contributed by atoms with E-state index in [1.165, 1.54) is 0 Å². The molecule has 19 heavy (non-hydrogen) atoms. The Morgan fingerprint density at radius 3 is 2.58 bits per heavy atom. The van der Waals surface area contributed by atoms with Gasteiger partial charge in [0.1, 0.15) is 6.10 Å². The van der Waals surface area contributed by atoms with Crippen molar-refractivity contribution in [1.82, 2.24) is 0 Å². The fraction of sp³-hybridized carbons (Fsp3) is 1.00. The van der Waals surface area contributed by atoms with Crippen molar-refractivity contribution in [2.45, 2.75) is 63.6 Å². The molecule has 1 fully saturated rings. The largest absolute Gasteiger partial charge is 0.414 e. The van der Waals surface area contributed by atoms with E-state index in [0.717, 1.165) is 0 Å². The summed E-state index contributed by atoms with van der Waals surface area (Å²) in [6.07, 6.45) is -0.511. The van der Waals surface area contributed by atoms with E-state index in [1.54, 1.807) is 0 Å². The number of azide groups is 1. The molecule has 7 heteroatoms. The molecule has 1 aliphatic heterocycles. The molecule has 110 valence electrons. The van der Waals surface area contributed by atoms with Gasteiger partial charge in [0.2, 0.25) is 0 Å². The zero-order chi connectivity index (χ0) is 14.7. The van der Waals surface area contributed by atoms with Crippen LogP contribution in [-0.2, 0) is 9.16 Å². The topological polar surface area (TPSA) is 87.5 Å². The molecule has 1 aliphatic rings. The van der Waals surface area contributed by atoms with E-state index >= 15 is 0 Å². The molecule has 1 rings (SSSR count). The van der Waals surface area contributed by atoms with Crippen molar-refractivity contribution < 1.29 is 14.3 Å². The van der Waals surface area contributed by atoms with Gasteiger partial charge in [-0.1, -0.05) is 25.9 Å². The van der Waals surface area contributed by atoms with Gasteiger partial charge in [-0.3, -0.25) is 0 Å². The maximum atomic E-state index is 9.99. The summed E-state index contributed by atoms with van der Waals surface area (Å²) in [7, 11) is -1.82. The first-order valence-electron chi connectivity index (χ1n) is 6.65. The number of rotatable bonds is 4. The molecule has 0 saturated carbocycles. The lowest BCUT2D eigenvalue weighted by molar-refractivity contribution is -0.0986. The molecule has 0 aromatic heterocycles. The van der Waals surface area contributed by atoms with E-state index in [0.29, 0.717) is 19.6 Å². The third-order valence-electron chi connectivity index (χ3n) is 4.07. The fourth-order valence-electron chi connectivity index (χ4n) is 1.66. The van der Waals surface area contributed by atoms with Gasteiger partial charge < -0.3 is 14.3 Å². The van der Waals surface area contributed by atoms with Crippen LogP contribution in [-0.4, -0.2) is 44.9 Å². The third-order valence-corrected chi connectivity index (χ3v) is 8.58. The van der Waals surface area contributed by atoms with Gasteiger partial charge in [-0.2, -0.15) is 0 Å². The molecule has 1 unspecified atom stereocenters. The van der Waals surface area contributed by atoms with Crippen molar-refractivity contribution in [1.29, 1.82) is 0 Å². The van der Waals surface area contributed by atoms with Crippen LogP contribution >= 0.6 is 0 Å². The second kappa shape index (κ2) is 6.24. The van der Waals surface area contributed by atoms with Gasteiger partial charge in [-0.05, 0) is 30.1 Å². The molecule has 1 heterocycles. The van der Waals surface area contributed by atoms with Crippen molar-refractivity contribution >= 4 is 8.32 Å². The van der Waals surface area contributed by atoms with Crippen molar-refractivity contribution in [2.75, 3.05) is 13.2 Å². The summed E-state index contributed by atoms with van der Waals surface area (Å²) >= 11 is 0. The van der Waals surface area contributed by atoms with Crippen LogP contribution in [0, 0.1) is 0 Å². The Balaban J connectivity index is 2.49. The molecular formula is C12H25N3O3Si. The molecule has 6 nitrogen and oxygen atoms in total. The van der Waals surface area contributed by atoms with Crippen LogP contribution in [0.15, 0.2) is 5.11 Å². The molecule has 0 radical (unpaired) electrons. The second-order valence-corrected chi connectivity index (χ2v) is 11.4. The summed E-state index contributed by atoms with van der Waals surface area (Å²) < 4.78 is 11.6. The monoisotopic (exact) mass is 287 g/mol. The number of hydrogen-bond donors (Lipinski definition) is 1. The number of hydrogen-bond acceptors (Lipinski definition) is 4. The summed E-state index contributed by atoms with van der Waals surface area (Å²) in [5.74, 6) is 0. The van der Waals surface area contributed by atoms with Crippen LogP contribution in [0.3, 0.4) is 0 Å². The molecule has 0 bridgehead atoms. The van der Waals surface area contributed by atoms with E-state index < -0.39 is 14.4 Å². The lowest BCUT2D eigenvalue weighted by Crippen LogP contribution is -2.48. The highest BCUT2D eigenvalue weighted by molar-refractivity contribution is 6.74. The molecule has 0 amide bonds. The summed E-state index contributed by atoms with van der Waals surface area (Å²) in [4.78, 5) is 2.75. The van der Waals surface area contributed by atoms with Crippen molar-refractivity contribution in [2.24, 2.45) is 5.11 Å². The Hall–Kier alpha value is -0.593. The Kier molecular flexibility index (Phi) is 5.40. The Labute approximate surface area is 115 Å². The summed E-state index contributed by atoms with van der Waals surface area (Å²) in [6, 6.07) is -0.274. The van der Waals surface area contributed by atoms with Gasteiger partial charge in [0.05, 0.1) is 25.4 Å². The van der Waals surface area contributed by atoms with Crippen LogP contribution in [0.1, 0.15) is 27.2 Å². The van der Waals surface area contributed by atoms with Crippen molar-refractivity contribution in [3.63, 3.8) is 0 Å². The number of aliphatic hydroxyl groups excluding tert-OH is 1. The lowest BCUT2D eigenvalue weighted by atomic mass is 10.0. The van der Waals surface area contributed by atoms with Gasteiger partial charge in [0.25, 0.3) is 0 Å². The predicted octanol–water partition coefficient (Wildman–Crippen LogP) is 2.84. The smallest absolute Gasteiger partial charge is 0.192 e. The zero-order valence-corrected chi connectivity index (χ0v) is 13.5.